The zero-order valence-corrected chi connectivity index (χ0v) is 11.1. The molecule has 1 aliphatic rings. The second kappa shape index (κ2) is 5.89. The summed E-state index contributed by atoms with van der Waals surface area (Å²) in [5.41, 5.74) is 4.12. The van der Waals surface area contributed by atoms with Crippen molar-refractivity contribution in [3.63, 3.8) is 0 Å². The average Bonchev–Trinajstić information content (AvgIpc) is 2.50. The molecule has 0 spiro atoms. The molecule has 0 radical (unpaired) electrons. The van der Waals surface area contributed by atoms with Crippen LogP contribution in [-0.4, -0.2) is 26.3 Å². The first-order valence-electron chi connectivity index (χ1n) is 6.88. The minimum Gasteiger partial charge on any atom is -0.378 e. The second-order valence-corrected chi connectivity index (χ2v) is 4.89. The summed E-state index contributed by atoms with van der Waals surface area (Å²) in [4.78, 5) is 2.43. The molecular weight excluding hydrogens is 234 g/mol. The third-order valence-corrected chi connectivity index (χ3v) is 3.58. The normalized spacial score (nSPS) is 15.5. The van der Waals surface area contributed by atoms with Gasteiger partial charge in [0.25, 0.3) is 0 Å². The van der Waals surface area contributed by atoms with Crippen molar-refractivity contribution in [3.05, 3.63) is 65.7 Å². The highest BCUT2D eigenvalue weighted by molar-refractivity contribution is 5.55. The fourth-order valence-electron chi connectivity index (χ4n) is 2.59. The number of hydrogen-bond donors (Lipinski definition) is 0. The first kappa shape index (κ1) is 12.2. The third-order valence-electron chi connectivity index (χ3n) is 3.58. The lowest BCUT2D eigenvalue weighted by Gasteiger charge is -2.30. The minimum absolute atomic E-state index is 0.833. The summed E-state index contributed by atoms with van der Waals surface area (Å²) < 4.78 is 5.44. The van der Waals surface area contributed by atoms with E-state index in [1.807, 2.05) is 0 Å². The van der Waals surface area contributed by atoms with Crippen LogP contribution in [0.4, 0.5) is 5.69 Å². The molecule has 2 aromatic rings. The van der Waals surface area contributed by atoms with Gasteiger partial charge in [-0.25, -0.2) is 0 Å². The van der Waals surface area contributed by atoms with Crippen LogP contribution in [0.1, 0.15) is 11.1 Å². The van der Waals surface area contributed by atoms with Crippen molar-refractivity contribution in [1.29, 1.82) is 0 Å². The Hall–Kier alpha value is -1.80. The molecule has 2 heteroatoms. The first-order chi connectivity index (χ1) is 9.43. The van der Waals surface area contributed by atoms with E-state index in [0.29, 0.717) is 0 Å². The molecule has 0 bridgehead atoms. The number of ether oxygens (including phenoxy) is 1. The average molecular weight is 253 g/mol. The topological polar surface area (TPSA) is 12.5 Å². The van der Waals surface area contributed by atoms with E-state index in [0.717, 1.165) is 32.7 Å². The number of benzene rings is 2. The Kier molecular flexibility index (Phi) is 3.80. The highest BCUT2D eigenvalue weighted by Gasteiger charge is 2.14. The Bertz CT molecular complexity index is 518. The van der Waals surface area contributed by atoms with Gasteiger partial charge >= 0.3 is 0 Å². The lowest BCUT2D eigenvalue weighted by molar-refractivity contribution is 0.122. The predicted octanol–water partition coefficient (Wildman–Crippen LogP) is 3.11. The Morgan fingerprint density at radius 3 is 2.32 bits per heavy atom. The predicted molar refractivity (Wildman–Crippen MR) is 78.7 cm³/mol. The number of nitrogens with zero attached hydrogens (tertiary/aromatic N) is 1. The van der Waals surface area contributed by atoms with Gasteiger partial charge in [-0.05, 0) is 23.6 Å². The molecule has 2 aromatic carbocycles. The molecule has 0 N–H and O–H groups in total. The summed E-state index contributed by atoms with van der Waals surface area (Å²) in [6.45, 7) is 3.65. The molecule has 0 atom stereocenters. The van der Waals surface area contributed by atoms with E-state index < -0.39 is 0 Å². The second-order valence-electron chi connectivity index (χ2n) is 4.89. The summed E-state index contributed by atoms with van der Waals surface area (Å²) in [7, 11) is 0. The van der Waals surface area contributed by atoms with Gasteiger partial charge in [-0.1, -0.05) is 48.5 Å². The molecule has 19 heavy (non-hydrogen) atoms. The molecular formula is C17H19NO. The number of morpholine rings is 1. The van der Waals surface area contributed by atoms with E-state index in [2.05, 4.69) is 59.5 Å². The van der Waals surface area contributed by atoms with Crippen molar-refractivity contribution in [1.82, 2.24) is 0 Å². The van der Waals surface area contributed by atoms with Crippen LogP contribution in [0.2, 0.25) is 0 Å². The highest BCUT2D eigenvalue weighted by atomic mass is 16.5. The first-order valence-corrected chi connectivity index (χ1v) is 6.88. The summed E-state index contributed by atoms with van der Waals surface area (Å²) in [6.07, 6.45) is 0.994. The van der Waals surface area contributed by atoms with E-state index in [4.69, 9.17) is 4.74 Å². The molecule has 1 aliphatic heterocycles. The Labute approximate surface area is 114 Å². The van der Waals surface area contributed by atoms with Gasteiger partial charge in [-0.2, -0.15) is 0 Å². The van der Waals surface area contributed by atoms with E-state index in [9.17, 15) is 0 Å². The lowest BCUT2D eigenvalue weighted by Crippen LogP contribution is -2.36. The Morgan fingerprint density at radius 2 is 1.53 bits per heavy atom. The highest BCUT2D eigenvalue weighted by Crippen LogP contribution is 2.23. The summed E-state index contributed by atoms with van der Waals surface area (Å²) in [6, 6.07) is 19.4. The molecule has 0 amide bonds. The monoisotopic (exact) mass is 253 g/mol. The van der Waals surface area contributed by atoms with Crippen LogP contribution >= 0.6 is 0 Å². The summed E-state index contributed by atoms with van der Waals surface area (Å²) in [5, 5.41) is 0. The maximum atomic E-state index is 5.44. The standard InChI is InChI=1S/C17H19NO/c1-2-6-15(7-3-1)14-16-8-4-5-9-17(16)18-10-12-19-13-11-18/h1-9H,10-14H2. The summed E-state index contributed by atoms with van der Waals surface area (Å²) >= 11 is 0. The Balaban J connectivity index is 1.84. The molecule has 2 nitrogen and oxygen atoms in total. The molecule has 0 unspecified atom stereocenters. The van der Waals surface area contributed by atoms with Gasteiger partial charge < -0.3 is 9.64 Å². The van der Waals surface area contributed by atoms with Crippen LogP contribution in [0, 0.1) is 0 Å². The maximum absolute atomic E-state index is 5.44. The van der Waals surface area contributed by atoms with Gasteiger partial charge in [-0.15, -0.1) is 0 Å². The fraction of sp³-hybridized carbons (Fsp3) is 0.294. The molecule has 1 heterocycles. The van der Waals surface area contributed by atoms with Gasteiger partial charge in [0.15, 0.2) is 0 Å². The van der Waals surface area contributed by atoms with E-state index >= 15 is 0 Å². The van der Waals surface area contributed by atoms with E-state index in [-0.39, 0.29) is 0 Å². The number of rotatable bonds is 3. The maximum Gasteiger partial charge on any atom is 0.0642 e. The zero-order chi connectivity index (χ0) is 12.9. The zero-order valence-electron chi connectivity index (χ0n) is 11.1. The van der Waals surface area contributed by atoms with Crippen LogP contribution in [-0.2, 0) is 11.2 Å². The lowest BCUT2D eigenvalue weighted by atomic mass is 10.0. The molecule has 98 valence electrons. The molecule has 0 aliphatic carbocycles. The molecule has 0 aromatic heterocycles. The SMILES string of the molecule is c1ccc(Cc2ccccc2N2CCOCC2)cc1. The van der Waals surface area contributed by atoms with Gasteiger partial charge in [0.05, 0.1) is 13.2 Å². The van der Waals surface area contributed by atoms with Gasteiger partial charge in [0.1, 0.15) is 0 Å². The molecule has 0 saturated carbocycles. The smallest absolute Gasteiger partial charge is 0.0642 e. The number of para-hydroxylation sites is 1. The van der Waals surface area contributed by atoms with Gasteiger partial charge in [0.2, 0.25) is 0 Å². The summed E-state index contributed by atoms with van der Waals surface area (Å²) in [5.74, 6) is 0. The van der Waals surface area contributed by atoms with Crippen molar-refractivity contribution >= 4 is 5.69 Å². The van der Waals surface area contributed by atoms with E-state index in [1.54, 1.807) is 0 Å². The largest absolute Gasteiger partial charge is 0.378 e. The molecule has 3 rings (SSSR count). The van der Waals surface area contributed by atoms with Crippen molar-refractivity contribution in [2.24, 2.45) is 0 Å². The fourth-order valence-corrected chi connectivity index (χ4v) is 2.59. The van der Waals surface area contributed by atoms with Crippen molar-refractivity contribution in [2.75, 3.05) is 31.2 Å². The quantitative estimate of drug-likeness (QED) is 0.833. The van der Waals surface area contributed by atoms with Crippen molar-refractivity contribution in [2.45, 2.75) is 6.42 Å². The van der Waals surface area contributed by atoms with Crippen LogP contribution < -0.4 is 4.90 Å². The Morgan fingerprint density at radius 1 is 0.842 bits per heavy atom. The minimum atomic E-state index is 0.833. The van der Waals surface area contributed by atoms with Crippen LogP contribution in [0.5, 0.6) is 0 Å². The molecule has 1 fully saturated rings. The number of hydrogen-bond acceptors (Lipinski definition) is 2. The third kappa shape index (κ3) is 2.96. The van der Waals surface area contributed by atoms with Crippen LogP contribution in [0.25, 0.3) is 0 Å². The number of anilines is 1. The van der Waals surface area contributed by atoms with Crippen molar-refractivity contribution in [3.8, 4) is 0 Å². The van der Waals surface area contributed by atoms with Gasteiger partial charge in [-0.3, -0.25) is 0 Å². The van der Waals surface area contributed by atoms with Crippen LogP contribution in [0.15, 0.2) is 54.6 Å². The van der Waals surface area contributed by atoms with Crippen LogP contribution in [0.3, 0.4) is 0 Å². The van der Waals surface area contributed by atoms with Crippen molar-refractivity contribution < 1.29 is 4.74 Å². The van der Waals surface area contributed by atoms with Gasteiger partial charge in [0, 0.05) is 18.8 Å². The molecule has 1 saturated heterocycles. The van der Waals surface area contributed by atoms with E-state index in [1.165, 1.54) is 16.8 Å².